The first kappa shape index (κ1) is 12.3. The molecule has 0 spiro atoms. The number of hydrogen-bond donors (Lipinski definition) is 2. The Labute approximate surface area is 94.1 Å². The van der Waals surface area contributed by atoms with Crippen molar-refractivity contribution in [3.63, 3.8) is 0 Å². The van der Waals surface area contributed by atoms with Crippen molar-refractivity contribution in [2.24, 2.45) is 5.16 Å². The number of nitrogens with one attached hydrogen (secondary N) is 1. The van der Waals surface area contributed by atoms with Gasteiger partial charge in [0.15, 0.2) is 0 Å². The Hall–Kier alpha value is -1.78. The molecule has 5 heteroatoms. The summed E-state index contributed by atoms with van der Waals surface area (Å²) in [5.74, 6) is -0.356. The molecule has 0 aliphatic carbocycles. The highest BCUT2D eigenvalue weighted by Crippen LogP contribution is 2.19. The molecule has 0 atom stereocenters. The van der Waals surface area contributed by atoms with Gasteiger partial charge >= 0.3 is 5.97 Å². The summed E-state index contributed by atoms with van der Waals surface area (Å²) in [7, 11) is 0. The van der Waals surface area contributed by atoms with Gasteiger partial charge in [0.25, 0.3) is 0 Å². The third kappa shape index (κ3) is 2.08. The van der Waals surface area contributed by atoms with E-state index in [4.69, 9.17) is 9.94 Å². The van der Waals surface area contributed by atoms with Gasteiger partial charge in [-0.1, -0.05) is 5.16 Å². The molecule has 16 heavy (non-hydrogen) atoms. The van der Waals surface area contributed by atoms with Gasteiger partial charge in [-0.25, -0.2) is 4.79 Å². The fourth-order valence-corrected chi connectivity index (χ4v) is 1.67. The number of aromatic nitrogens is 1. The summed E-state index contributed by atoms with van der Waals surface area (Å²) in [5, 5.41) is 11.8. The minimum Gasteiger partial charge on any atom is -0.462 e. The topological polar surface area (TPSA) is 74.7 Å². The number of carbonyl (C=O) groups is 1. The van der Waals surface area contributed by atoms with E-state index in [0.717, 1.165) is 5.56 Å². The van der Waals surface area contributed by atoms with Crippen LogP contribution in [0, 0.1) is 13.8 Å². The molecule has 0 amide bonds. The summed E-state index contributed by atoms with van der Waals surface area (Å²) in [4.78, 5) is 14.7. The highest BCUT2D eigenvalue weighted by Gasteiger charge is 2.20. The number of ether oxygens (including phenoxy) is 1. The van der Waals surface area contributed by atoms with Crippen LogP contribution in [0.5, 0.6) is 0 Å². The minimum atomic E-state index is -0.356. The molecular weight excluding hydrogens is 208 g/mol. The summed E-state index contributed by atoms with van der Waals surface area (Å²) in [5.41, 5.74) is 3.07. The van der Waals surface area contributed by atoms with Crippen molar-refractivity contribution in [2.45, 2.75) is 27.7 Å². The van der Waals surface area contributed by atoms with Gasteiger partial charge in [0, 0.05) is 5.69 Å². The fraction of sp³-hybridized carbons (Fsp3) is 0.455. The van der Waals surface area contributed by atoms with Gasteiger partial charge in [-0.2, -0.15) is 0 Å². The standard InChI is InChI=1S/C11H16N2O3/c1-5-16-11(14)9-6(2)10(8(4)13-15)12-7(9)3/h12,15H,5H2,1-4H3/b13-8-. The minimum absolute atomic E-state index is 0.339. The molecule has 88 valence electrons. The summed E-state index contributed by atoms with van der Waals surface area (Å²) in [6.45, 7) is 7.34. The fourth-order valence-electron chi connectivity index (χ4n) is 1.67. The number of aromatic amines is 1. The molecule has 0 saturated heterocycles. The number of esters is 1. The Morgan fingerprint density at radius 2 is 2.12 bits per heavy atom. The van der Waals surface area contributed by atoms with E-state index >= 15 is 0 Å². The molecule has 0 aromatic carbocycles. The zero-order chi connectivity index (χ0) is 12.3. The maximum atomic E-state index is 11.7. The first-order valence-corrected chi connectivity index (χ1v) is 5.08. The molecule has 0 aliphatic rings. The molecular formula is C11H16N2O3. The van der Waals surface area contributed by atoms with Gasteiger partial charge in [-0.3, -0.25) is 0 Å². The molecule has 5 nitrogen and oxygen atoms in total. The second-order valence-corrected chi connectivity index (χ2v) is 3.53. The van der Waals surface area contributed by atoms with E-state index in [1.54, 1.807) is 27.7 Å². The highest BCUT2D eigenvalue weighted by atomic mass is 16.5. The van der Waals surface area contributed by atoms with Crippen LogP contribution in [0.2, 0.25) is 0 Å². The zero-order valence-corrected chi connectivity index (χ0v) is 9.92. The molecule has 1 rings (SSSR count). The lowest BCUT2D eigenvalue weighted by Crippen LogP contribution is -2.07. The normalized spacial score (nSPS) is 11.6. The van der Waals surface area contributed by atoms with E-state index in [0.29, 0.717) is 29.3 Å². The van der Waals surface area contributed by atoms with Crippen molar-refractivity contribution in [3.05, 3.63) is 22.5 Å². The van der Waals surface area contributed by atoms with Crippen molar-refractivity contribution >= 4 is 11.7 Å². The van der Waals surface area contributed by atoms with Crippen LogP contribution in [0.1, 0.15) is 41.2 Å². The number of H-pyrrole nitrogens is 1. The number of aryl methyl sites for hydroxylation is 1. The Morgan fingerprint density at radius 1 is 1.50 bits per heavy atom. The molecule has 0 radical (unpaired) electrons. The average molecular weight is 224 g/mol. The molecule has 2 N–H and O–H groups in total. The van der Waals surface area contributed by atoms with Crippen LogP contribution in [-0.4, -0.2) is 28.5 Å². The van der Waals surface area contributed by atoms with E-state index in [9.17, 15) is 4.79 Å². The first-order chi connectivity index (χ1) is 7.52. The monoisotopic (exact) mass is 224 g/mol. The number of rotatable bonds is 3. The number of hydrogen-bond acceptors (Lipinski definition) is 4. The summed E-state index contributed by atoms with van der Waals surface area (Å²) in [6.07, 6.45) is 0. The molecule has 1 aromatic heterocycles. The van der Waals surface area contributed by atoms with Gasteiger partial charge < -0.3 is 14.9 Å². The summed E-state index contributed by atoms with van der Waals surface area (Å²) in [6, 6.07) is 0. The summed E-state index contributed by atoms with van der Waals surface area (Å²) >= 11 is 0. The Bertz CT molecular complexity index is 433. The average Bonchev–Trinajstić information content (AvgIpc) is 2.53. The summed E-state index contributed by atoms with van der Waals surface area (Å²) < 4.78 is 4.95. The maximum Gasteiger partial charge on any atom is 0.340 e. The molecule has 0 aliphatic heterocycles. The van der Waals surface area contributed by atoms with E-state index in [-0.39, 0.29) is 5.97 Å². The van der Waals surface area contributed by atoms with Crippen LogP contribution >= 0.6 is 0 Å². The SMILES string of the molecule is CCOC(=O)c1c(C)[nH]c(/C(C)=N\O)c1C. The molecule has 0 fully saturated rings. The smallest absolute Gasteiger partial charge is 0.340 e. The van der Waals surface area contributed by atoms with E-state index in [1.165, 1.54) is 0 Å². The predicted molar refractivity (Wildman–Crippen MR) is 60.2 cm³/mol. The lowest BCUT2D eigenvalue weighted by Gasteiger charge is -2.02. The van der Waals surface area contributed by atoms with E-state index < -0.39 is 0 Å². The van der Waals surface area contributed by atoms with E-state index in [2.05, 4.69) is 10.1 Å². The highest BCUT2D eigenvalue weighted by molar-refractivity contribution is 6.02. The number of carbonyl (C=O) groups excluding carboxylic acids is 1. The molecule has 1 aromatic rings. The van der Waals surface area contributed by atoms with Crippen molar-refractivity contribution < 1.29 is 14.7 Å². The van der Waals surface area contributed by atoms with Crippen molar-refractivity contribution in [1.82, 2.24) is 4.98 Å². The Kier molecular flexibility index (Phi) is 3.71. The van der Waals surface area contributed by atoms with Crippen LogP contribution in [0.25, 0.3) is 0 Å². The number of nitrogens with zero attached hydrogens (tertiary/aromatic N) is 1. The van der Waals surface area contributed by atoms with Crippen molar-refractivity contribution in [1.29, 1.82) is 0 Å². The van der Waals surface area contributed by atoms with Crippen molar-refractivity contribution in [3.8, 4) is 0 Å². The maximum absolute atomic E-state index is 11.7. The molecule has 0 bridgehead atoms. The van der Waals surface area contributed by atoms with Gasteiger partial charge in [-0.15, -0.1) is 0 Å². The van der Waals surface area contributed by atoms with Gasteiger partial charge in [0.1, 0.15) is 5.71 Å². The van der Waals surface area contributed by atoms with E-state index in [1.807, 2.05) is 0 Å². The molecule has 0 saturated carbocycles. The quantitative estimate of drug-likeness (QED) is 0.357. The lowest BCUT2D eigenvalue weighted by atomic mass is 10.1. The van der Waals surface area contributed by atoms with Crippen molar-refractivity contribution in [2.75, 3.05) is 6.61 Å². The van der Waals surface area contributed by atoms with Crippen LogP contribution < -0.4 is 0 Å². The Morgan fingerprint density at radius 3 is 2.62 bits per heavy atom. The third-order valence-electron chi connectivity index (χ3n) is 2.43. The largest absolute Gasteiger partial charge is 0.462 e. The van der Waals surface area contributed by atoms with Gasteiger partial charge in [-0.05, 0) is 33.3 Å². The van der Waals surface area contributed by atoms with Crippen LogP contribution in [0.4, 0.5) is 0 Å². The third-order valence-corrected chi connectivity index (χ3v) is 2.43. The Balaban J connectivity index is 3.22. The molecule has 0 unspecified atom stereocenters. The molecule has 1 heterocycles. The van der Waals surface area contributed by atoms with Crippen LogP contribution in [0.15, 0.2) is 5.16 Å². The predicted octanol–water partition coefficient (Wildman–Crippen LogP) is 2.01. The second kappa shape index (κ2) is 4.83. The van der Waals surface area contributed by atoms with Gasteiger partial charge in [0.2, 0.25) is 0 Å². The van der Waals surface area contributed by atoms with Gasteiger partial charge in [0.05, 0.1) is 17.9 Å². The van der Waals surface area contributed by atoms with Crippen LogP contribution in [0.3, 0.4) is 0 Å². The first-order valence-electron chi connectivity index (χ1n) is 5.08. The number of oxime groups is 1. The second-order valence-electron chi connectivity index (χ2n) is 3.53. The zero-order valence-electron chi connectivity index (χ0n) is 9.92. The van der Waals surface area contributed by atoms with Crippen LogP contribution in [-0.2, 0) is 4.74 Å². The lowest BCUT2D eigenvalue weighted by molar-refractivity contribution is 0.0525.